The van der Waals surface area contributed by atoms with Gasteiger partial charge in [-0.15, -0.1) is 0 Å². The highest BCUT2D eigenvalue weighted by atomic mass is 19.1. The van der Waals surface area contributed by atoms with Gasteiger partial charge in [-0.05, 0) is 24.3 Å². The number of carbonyl (C=O) groups excluding carboxylic acids is 1. The molecule has 0 aliphatic heterocycles. The van der Waals surface area contributed by atoms with Crippen LogP contribution in [0.15, 0.2) is 34.7 Å². The van der Waals surface area contributed by atoms with Crippen molar-refractivity contribution in [2.45, 2.75) is 6.61 Å². The summed E-state index contributed by atoms with van der Waals surface area (Å²) in [7, 11) is 1.47. The average Bonchev–Trinajstić information content (AvgIpc) is 2.78. The zero-order chi connectivity index (χ0) is 13.1. The molecule has 0 unspecified atom stereocenters. The van der Waals surface area contributed by atoms with Crippen LogP contribution in [0, 0.1) is 11.6 Å². The quantitative estimate of drug-likeness (QED) is 0.785. The summed E-state index contributed by atoms with van der Waals surface area (Å²) in [5, 5.41) is 0. The zero-order valence-electron chi connectivity index (χ0n) is 9.57. The number of halogens is 2. The second kappa shape index (κ2) is 5.10. The molecule has 0 aliphatic rings. The third-order valence-electron chi connectivity index (χ3n) is 2.36. The number of ether oxygens (including phenoxy) is 1. The summed E-state index contributed by atoms with van der Waals surface area (Å²) in [6.45, 7) is 0.188. The molecular weight excluding hydrogens is 242 g/mol. The Bertz CT molecular complexity index is 555. The molecule has 0 saturated heterocycles. The van der Waals surface area contributed by atoms with Crippen molar-refractivity contribution < 1.29 is 22.7 Å². The van der Waals surface area contributed by atoms with E-state index in [1.165, 1.54) is 25.3 Å². The van der Waals surface area contributed by atoms with Crippen LogP contribution in [0.4, 0.5) is 8.78 Å². The number of methoxy groups -OCH3 is 1. The normalized spacial score (nSPS) is 10.6. The molecule has 1 aromatic heterocycles. The molecule has 0 amide bonds. The second-order valence-electron chi connectivity index (χ2n) is 3.62. The number of rotatable bonds is 4. The molecule has 0 N–H and O–H groups in total. The van der Waals surface area contributed by atoms with Gasteiger partial charge in [0.1, 0.15) is 24.0 Å². The maximum Gasteiger partial charge on any atom is 0.234 e. The van der Waals surface area contributed by atoms with Crippen molar-refractivity contribution in [3.05, 3.63) is 59.1 Å². The smallest absolute Gasteiger partial charge is 0.234 e. The van der Waals surface area contributed by atoms with E-state index in [1.54, 1.807) is 0 Å². The molecule has 0 aliphatic carbocycles. The fourth-order valence-corrected chi connectivity index (χ4v) is 1.56. The van der Waals surface area contributed by atoms with Gasteiger partial charge in [-0.2, -0.15) is 0 Å². The van der Waals surface area contributed by atoms with E-state index < -0.39 is 23.0 Å². The van der Waals surface area contributed by atoms with Gasteiger partial charge in [0.2, 0.25) is 5.78 Å². The van der Waals surface area contributed by atoms with Crippen LogP contribution in [0.2, 0.25) is 0 Å². The number of hydrogen-bond acceptors (Lipinski definition) is 3. The maximum absolute atomic E-state index is 13.4. The maximum atomic E-state index is 13.4. The molecule has 2 aromatic rings. The van der Waals surface area contributed by atoms with Crippen molar-refractivity contribution in [3.8, 4) is 0 Å². The first-order valence-corrected chi connectivity index (χ1v) is 5.20. The van der Waals surface area contributed by atoms with E-state index in [-0.39, 0.29) is 12.4 Å². The Balaban J connectivity index is 2.35. The molecular formula is C13H10F2O3. The highest BCUT2D eigenvalue weighted by molar-refractivity contribution is 6.07. The van der Waals surface area contributed by atoms with E-state index in [9.17, 15) is 13.6 Å². The summed E-state index contributed by atoms with van der Waals surface area (Å²) in [6.07, 6.45) is 0. The van der Waals surface area contributed by atoms with Crippen molar-refractivity contribution in [3.63, 3.8) is 0 Å². The molecule has 5 heteroatoms. The number of ketones is 1. The van der Waals surface area contributed by atoms with Gasteiger partial charge in [-0.25, -0.2) is 8.78 Å². The Morgan fingerprint density at radius 1 is 1.22 bits per heavy atom. The van der Waals surface area contributed by atoms with E-state index in [0.717, 1.165) is 12.1 Å². The first-order chi connectivity index (χ1) is 8.63. The lowest BCUT2D eigenvalue weighted by atomic mass is 10.1. The first kappa shape index (κ1) is 12.4. The van der Waals surface area contributed by atoms with Crippen molar-refractivity contribution in [2.24, 2.45) is 0 Å². The summed E-state index contributed by atoms with van der Waals surface area (Å²) < 4.78 is 36.8. The molecule has 18 heavy (non-hydrogen) atoms. The molecule has 0 saturated carbocycles. The summed E-state index contributed by atoms with van der Waals surface area (Å²) in [6, 6.07) is 6.13. The van der Waals surface area contributed by atoms with Gasteiger partial charge in [0.15, 0.2) is 5.76 Å². The van der Waals surface area contributed by atoms with Gasteiger partial charge in [0, 0.05) is 7.11 Å². The molecule has 0 spiro atoms. The standard InChI is InChI=1S/C13H10F2O3/c1-17-7-8-5-6-11(18-8)13(16)12-9(14)3-2-4-10(12)15/h2-6H,7H2,1H3. The Labute approximate surface area is 102 Å². The number of carbonyl (C=O) groups is 1. The van der Waals surface area contributed by atoms with Gasteiger partial charge < -0.3 is 9.15 Å². The molecule has 3 nitrogen and oxygen atoms in total. The van der Waals surface area contributed by atoms with Crippen LogP contribution in [0.3, 0.4) is 0 Å². The lowest BCUT2D eigenvalue weighted by Gasteiger charge is -2.01. The molecule has 0 radical (unpaired) electrons. The molecule has 0 fully saturated rings. The van der Waals surface area contributed by atoms with Gasteiger partial charge in [0.25, 0.3) is 0 Å². The Morgan fingerprint density at radius 3 is 2.50 bits per heavy atom. The van der Waals surface area contributed by atoms with E-state index in [4.69, 9.17) is 9.15 Å². The van der Waals surface area contributed by atoms with Crippen molar-refractivity contribution in [1.29, 1.82) is 0 Å². The average molecular weight is 252 g/mol. The lowest BCUT2D eigenvalue weighted by molar-refractivity contribution is 0.0992. The Morgan fingerprint density at radius 2 is 1.89 bits per heavy atom. The predicted molar refractivity (Wildman–Crippen MR) is 59.2 cm³/mol. The SMILES string of the molecule is COCc1ccc(C(=O)c2c(F)cccc2F)o1. The van der Waals surface area contributed by atoms with Crippen LogP contribution in [0.5, 0.6) is 0 Å². The fraction of sp³-hybridized carbons (Fsp3) is 0.154. The highest BCUT2D eigenvalue weighted by Gasteiger charge is 2.21. The minimum absolute atomic E-state index is 0.119. The number of furan rings is 1. The van der Waals surface area contributed by atoms with Crippen LogP contribution < -0.4 is 0 Å². The van der Waals surface area contributed by atoms with E-state index >= 15 is 0 Å². The molecule has 94 valence electrons. The van der Waals surface area contributed by atoms with E-state index in [2.05, 4.69) is 0 Å². The topological polar surface area (TPSA) is 39.4 Å². The molecule has 0 bridgehead atoms. The first-order valence-electron chi connectivity index (χ1n) is 5.20. The van der Waals surface area contributed by atoms with Crippen molar-refractivity contribution >= 4 is 5.78 Å². The van der Waals surface area contributed by atoms with Gasteiger partial charge >= 0.3 is 0 Å². The van der Waals surface area contributed by atoms with E-state index in [0.29, 0.717) is 5.76 Å². The summed E-state index contributed by atoms with van der Waals surface area (Å²) >= 11 is 0. The fourth-order valence-electron chi connectivity index (χ4n) is 1.56. The van der Waals surface area contributed by atoms with Crippen LogP contribution in [0.25, 0.3) is 0 Å². The minimum Gasteiger partial charge on any atom is -0.455 e. The van der Waals surface area contributed by atoms with Gasteiger partial charge in [-0.3, -0.25) is 4.79 Å². The Kier molecular flexibility index (Phi) is 3.53. The van der Waals surface area contributed by atoms with Gasteiger partial charge in [0.05, 0.1) is 5.56 Å². The molecule has 2 rings (SSSR count). The second-order valence-corrected chi connectivity index (χ2v) is 3.62. The Hall–Kier alpha value is -2.01. The number of benzene rings is 1. The summed E-state index contributed by atoms with van der Waals surface area (Å²) in [5.41, 5.74) is -0.615. The van der Waals surface area contributed by atoms with Crippen LogP contribution in [-0.2, 0) is 11.3 Å². The van der Waals surface area contributed by atoms with E-state index in [1.807, 2.05) is 0 Å². The monoisotopic (exact) mass is 252 g/mol. The van der Waals surface area contributed by atoms with Gasteiger partial charge in [-0.1, -0.05) is 6.07 Å². The largest absolute Gasteiger partial charge is 0.455 e. The molecule has 0 atom stereocenters. The minimum atomic E-state index is -0.912. The molecule has 1 heterocycles. The zero-order valence-corrected chi connectivity index (χ0v) is 9.57. The lowest BCUT2D eigenvalue weighted by Crippen LogP contribution is -2.06. The van der Waals surface area contributed by atoms with Crippen LogP contribution in [-0.4, -0.2) is 12.9 Å². The summed E-state index contributed by atoms with van der Waals surface area (Å²) in [5.74, 6) is -2.36. The summed E-state index contributed by atoms with van der Waals surface area (Å²) in [4.78, 5) is 11.9. The van der Waals surface area contributed by atoms with Crippen molar-refractivity contribution in [1.82, 2.24) is 0 Å². The van der Waals surface area contributed by atoms with Crippen molar-refractivity contribution in [2.75, 3.05) is 7.11 Å². The third kappa shape index (κ3) is 2.31. The highest BCUT2D eigenvalue weighted by Crippen LogP contribution is 2.19. The molecule has 1 aromatic carbocycles. The predicted octanol–water partition coefficient (Wildman–Crippen LogP) is 2.94. The van der Waals surface area contributed by atoms with Crippen LogP contribution >= 0.6 is 0 Å². The third-order valence-corrected chi connectivity index (χ3v) is 2.36. The number of hydrogen-bond donors (Lipinski definition) is 0. The van der Waals surface area contributed by atoms with Crippen LogP contribution in [0.1, 0.15) is 21.9 Å².